The number of esters is 1. The third-order valence-corrected chi connectivity index (χ3v) is 4.80. The summed E-state index contributed by atoms with van der Waals surface area (Å²) in [5.74, 6) is -0.613. The summed E-state index contributed by atoms with van der Waals surface area (Å²) in [6.07, 6.45) is 2.50. The number of hydrogen-bond donors (Lipinski definition) is 1. The van der Waals surface area contributed by atoms with Crippen LogP contribution in [0.4, 0.5) is 0 Å². The number of likely N-dealkylation sites (tertiary alicyclic amines) is 1. The van der Waals surface area contributed by atoms with Gasteiger partial charge >= 0.3 is 5.97 Å². The van der Waals surface area contributed by atoms with E-state index >= 15 is 0 Å². The fourth-order valence-corrected chi connectivity index (χ4v) is 3.43. The van der Waals surface area contributed by atoms with E-state index < -0.39 is 11.6 Å². The molecule has 134 valence electrons. The van der Waals surface area contributed by atoms with Crippen LogP contribution < -0.4 is 0 Å². The monoisotopic (exact) mass is 354 g/mol. The summed E-state index contributed by atoms with van der Waals surface area (Å²) in [5.41, 5.74) is 1.72. The zero-order valence-corrected chi connectivity index (χ0v) is 14.3. The van der Waals surface area contributed by atoms with Crippen LogP contribution in [-0.2, 0) is 14.4 Å². The molecule has 3 heterocycles. The van der Waals surface area contributed by atoms with Crippen LogP contribution in [0, 0.1) is 0 Å². The van der Waals surface area contributed by atoms with Gasteiger partial charge in [0.1, 0.15) is 0 Å². The second-order valence-corrected chi connectivity index (χ2v) is 6.48. The Balaban J connectivity index is 1.50. The van der Waals surface area contributed by atoms with Crippen LogP contribution in [0.15, 0.2) is 41.7 Å². The van der Waals surface area contributed by atoms with Crippen LogP contribution in [0.1, 0.15) is 23.2 Å². The lowest BCUT2D eigenvalue weighted by Gasteiger charge is -2.21. The molecule has 8 heteroatoms. The van der Waals surface area contributed by atoms with Gasteiger partial charge in [-0.1, -0.05) is 35.5 Å². The molecule has 0 radical (unpaired) electrons. The first-order chi connectivity index (χ1) is 12.6. The van der Waals surface area contributed by atoms with Gasteiger partial charge in [-0.2, -0.15) is 5.10 Å². The molecule has 1 atom stereocenters. The average Bonchev–Trinajstić information content (AvgIpc) is 3.42. The second-order valence-electron chi connectivity index (χ2n) is 6.48. The van der Waals surface area contributed by atoms with E-state index in [9.17, 15) is 9.59 Å². The lowest BCUT2D eigenvalue weighted by molar-refractivity contribution is -0.132. The zero-order chi connectivity index (χ0) is 18.1. The Morgan fingerprint density at radius 2 is 2.12 bits per heavy atom. The van der Waals surface area contributed by atoms with E-state index in [1.54, 1.807) is 11.1 Å². The molecule has 1 spiro atoms. The predicted molar refractivity (Wildman–Crippen MR) is 92.4 cm³/mol. The molecule has 8 nitrogen and oxygen atoms in total. The van der Waals surface area contributed by atoms with Crippen LogP contribution in [0.5, 0.6) is 0 Å². The minimum Gasteiger partial charge on any atom is -0.464 e. The van der Waals surface area contributed by atoms with Crippen LogP contribution in [0.25, 0.3) is 11.3 Å². The summed E-state index contributed by atoms with van der Waals surface area (Å²) < 4.78 is 4.69. The second kappa shape index (κ2) is 6.29. The Hall–Kier alpha value is -3.16. The van der Waals surface area contributed by atoms with E-state index in [1.807, 2.05) is 30.3 Å². The van der Waals surface area contributed by atoms with E-state index in [1.165, 1.54) is 7.11 Å². The lowest BCUT2D eigenvalue weighted by atomic mass is 9.96. The number of methoxy groups -OCH3 is 1. The first-order valence-electron chi connectivity index (χ1n) is 8.33. The van der Waals surface area contributed by atoms with Gasteiger partial charge in [-0.05, 0) is 0 Å². The first kappa shape index (κ1) is 16.3. The largest absolute Gasteiger partial charge is 0.464 e. The van der Waals surface area contributed by atoms with E-state index in [0.29, 0.717) is 37.2 Å². The van der Waals surface area contributed by atoms with Gasteiger partial charge in [-0.3, -0.25) is 9.89 Å². The Morgan fingerprint density at radius 3 is 2.88 bits per heavy atom. The quantitative estimate of drug-likeness (QED) is 0.845. The third-order valence-electron chi connectivity index (χ3n) is 4.80. The maximum atomic E-state index is 13.0. The zero-order valence-electron chi connectivity index (χ0n) is 14.3. The predicted octanol–water partition coefficient (Wildman–Crippen LogP) is 1.61. The van der Waals surface area contributed by atoms with Crippen molar-refractivity contribution in [2.24, 2.45) is 5.16 Å². The van der Waals surface area contributed by atoms with Crippen molar-refractivity contribution in [3.63, 3.8) is 0 Å². The van der Waals surface area contributed by atoms with Crippen LogP contribution in [0.3, 0.4) is 0 Å². The van der Waals surface area contributed by atoms with Gasteiger partial charge in [0, 0.05) is 24.9 Å². The number of H-pyrrole nitrogens is 1. The van der Waals surface area contributed by atoms with Crippen molar-refractivity contribution >= 4 is 17.6 Å². The number of hydrogen-bond acceptors (Lipinski definition) is 6. The van der Waals surface area contributed by atoms with Gasteiger partial charge in [0.25, 0.3) is 5.91 Å². The molecule has 1 amide bonds. The molecule has 2 aliphatic heterocycles. The molecular formula is C18H18N4O4. The standard InChI is InChI=1S/C18H18N4O4/c1-25-17(24)14-9-18(26-21-14)7-8-22(11-18)16(23)13-10-19-20-15(13)12-5-3-2-4-6-12/h2-6,10H,7-9,11H2,1H3,(H,19,20). The number of carbonyl (C=O) groups excluding carboxylic acids is 2. The highest BCUT2D eigenvalue weighted by molar-refractivity contribution is 6.36. The Bertz CT molecular complexity index is 876. The molecule has 2 aromatic rings. The first-order valence-corrected chi connectivity index (χ1v) is 8.33. The highest BCUT2D eigenvalue weighted by Gasteiger charge is 2.48. The topological polar surface area (TPSA) is 96.9 Å². The van der Waals surface area contributed by atoms with Gasteiger partial charge in [0.2, 0.25) is 0 Å². The molecule has 0 aliphatic carbocycles. The summed E-state index contributed by atoms with van der Waals surface area (Å²) >= 11 is 0. The van der Waals surface area contributed by atoms with Crippen molar-refractivity contribution in [2.45, 2.75) is 18.4 Å². The molecule has 0 bridgehead atoms. The molecule has 4 rings (SSSR count). The molecular weight excluding hydrogens is 336 g/mol. The maximum absolute atomic E-state index is 13.0. The number of carbonyl (C=O) groups is 2. The van der Waals surface area contributed by atoms with E-state index in [-0.39, 0.29) is 11.6 Å². The van der Waals surface area contributed by atoms with Gasteiger partial charge in [-0.15, -0.1) is 0 Å². The highest BCUT2D eigenvalue weighted by atomic mass is 16.7. The van der Waals surface area contributed by atoms with Crippen molar-refractivity contribution in [2.75, 3.05) is 20.2 Å². The van der Waals surface area contributed by atoms with Crippen LogP contribution >= 0.6 is 0 Å². The molecule has 1 aromatic carbocycles. The van der Waals surface area contributed by atoms with E-state index in [0.717, 1.165) is 5.56 Å². The normalized spacial score (nSPS) is 21.6. The summed E-state index contributed by atoms with van der Waals surface area (Å²) in [5, 5.41) is 10.8. The van der Waals surface area contributed by atoms with Gasteiger partial charge in [0.15, 0.2) is 11.3 Å². The number of rotatable bonds is 3. The molecule has 1 aromatic heterocycles. The van der Waals surface area contributed by atoms with Crippen LogP contribution in [-0.4, -0.2) is 58.5 Å². The SMILES string of the molecule is COC(=O)C1=NOC2(CCN(C(=O)c3cn[nH]c3-c3ccccc3)C2)C1. The van der Waals surface area contributed by atoms with Crippen molar-refractivity contribution in [1.29, 1.82) is 0 Å². The molecule has 1 N–H and O–H groups in total. The molecule has 1 fully saturated rings. The van der Waals surface area contributed by atoms with Gasteiger partial charge in [0.05, 0.1) is 31.1 Å². The minimum absolute atomic E-state index is 0.121. The number of benzene rings is 1. The number of aromatic nitrogens is 2. The number of ether oxygens (including phenoxy) is 1. The van der Waals surface area contributed by atoms with E-state index in [4.69, 9.17) is 9.57 Å². The fraction of sp³-hybridized carbons (Fsp3) is 0.333. The van der Waals surface area contributed by atoms with Gasteiger partial charge < -0.3 is 14.5 Å². The van der Waals surface area contributed by atoms with Crippen molar-refractivity contribution in [1.82, 2.24) is 15.1 Å². The maximum Gasteiger partial charge on any atom is 0.355 e. The number of nitrogens with zero attached hydrogens (tertiary/aromatic N) is 3. The van der Waals surface area contributed by atoms with E-state index in [2.05, 4.69) is 15.4 Å². The average molecular weight is 354 g/mol. The van der Waals surface area contributed by atoms with Crippen molar-refractivity contribution in [3.8, 4) is 11.3 Å². The number of amides is 1. The molecule has 2 aliphatic rings. The third kappa shape index (κ3) is 2.73. The minimum atomic E-state index is -0.643. The number of oxime groups is 1. The fourth-order valence-electron chi connectivity index (χ4n) is 3.43. The Morgan fingerprint density at radius 1 is 1.31 bits per heavy atom. The van der Waals surface area contributed by atoms with Crippen LogP contribution in [0.2, 0.25) is 0 Å². The smallest absolute Gasteiger partial charge is 0.355 e. The van der Waals surface area contributed by atoms with Crippen molar-refractivity contribution < 1.29 is 19.2 Å². The summed E-state index contributed by atoms with van der Waals surface area (Å²) in [6.45, 7) is 0.900. The Labute approximate surface area is 149 Å². The summed E-state index contributed by atoms with van der Waals surface area (Å²) in [6, 6.07) is 9.58. The lowest BCUT2D eigenvalue weighted by Crippen LogP contribution is -2.37. The summed E-state index contributed by atoms with van der Waals surface area (Å²) in [7, 11) is 1.31. The number of aromatic amines is 1. The Kier molecular flexibility index (Phi) is 3.95. The molecule has 1 saturated heterocycles. The molecule has 1 unspecified atom stereocenters. The van der Waals surface area contributed by atoms with Gasteiger partial charge in [-0.25, -0.2) is 4.79 Å². The highest BCUT2D eigenvalue weighted by Crippen LogP contribution is 2.35. The van der Waals surface area contributed by atoms with Crippen molar-refractivity contribution in [3.05, 3.63) is 42.1 Å². The molecule has 26 heavy (non-hydrogen) atoms. The molecule has 0 saturated carbocycles. The number of nitrogens with one attached hydrogen (secondary N) is 1. The summed E-state index contributed by atoms with van der Waals surface area (Å²) in [4.78, 5) is 31.9.